The number of hydrogen-bond acceptors (Lipinski definition) is 4. The number of nitrogens with one attached hydrogen (secondary N) is 1. The summed E-state index contributed by atoms with van der Waals surface area (Å²) in [5.74, 6) is -0.374. The maximum Gasteiger partial charge on any atom is 0.264 e. The Morgan fingerprint density at radius 3 is 2.29 bits per heavy atom. The van der Waals surface area contributed by atoms with Gasteiger partial charge in [0.05, 0.1) is 17.2 Å². The van der Waals surface area contributed by atoms with E-state index in [4.69, 9.17) is 4.74 Å². The number of para-hydroxylation sites is 2. The molecule has 0 aliphatic rings. The molecule has 0 atom stereocenters. The van der Waals surface area contributed by atoms with Crippen LogP contribution >= 0.6 is 0 Å². The number of carbonyl (C=O) groups excluding carboxylic acids is 1. The number of ether oxygens (including phenoxy) is 1. The van der Waals surface area contributed by atoms with Crippen molar-refractivity contribution >= 4 is 21.6 Å². The highest BCUT2D eigenvalue weighted by atomic mass is 32.2. The molecule has 3 aromatic carbocycles. The van der Waals surface area contributed by atoms with Crippen LogP contribution in [0.3, 0.4) is 0 Å². The molecule has 6 nitrogen and oxygen atoms in total. The molecule has 0 radical (unpaired) electrons. The average Bonchev–Trinajstić information content (AvgIpc) is 2.78. The predicted molar refractivity (Wildman–Crippen MR) is 117 cm³/mol. The molecule has 0 bridgehead atoms. The van der Waals surface area contributed by atoms with Gasteiger partial charge in [0.25, 0.3) is 10.0 Å². The second kappa shape index (κ2) is 10.1. The molecule has 31 heavy (non-hydrogen) atoms. The molecular formula is C23H23FN2O4S. The summed E-state index contributed by atoms with van der Waals surface area (Å²) in [5, 5.41) is 2.75. The molecule has 0 saturated heterocycles. The van der Waals surface area contributed by atoms with Crippen molar-refractivity contribution in [3.8, 4) is 5.75 Å². The lowest BCUT2D eigenvalue weighted by atomic mass is 10.2. The average molecular weight is 443 g/mol. The molecule has 0 spiro atoms. The highest BCUT2D eigenvalue weighted by Gasteiger charge is 2.27. The van der Waals surface area contributed by atoms with E-state index in [0.29, 0.717) is 18.0 Å². The molecular weight excluding hydrogens is 419 g/mol. The van der Waals surface area contributed by atoms with Crippen molar-refractivity contribution in [3.05, 3.63) is 90.2 Å². The van der Waals surface area contributed by atoms with E-state index >= 15 is 0 Å². The number of nitrogens with zero attached hydrogens (tertiary/aromatic N) is 1. The van der Waals surface area contributed by atoms with Crippen LogP contribution in [0.1, 0.15) is 12.5 Å². The first kappa shape index (κ1) is 22.3. The van der Waals surface area contributed by atoms with Gasteiger partial charge >= 0.3 is 0 Å². The second-order valence-electron chi connectivity index (χ2n) is 6.62. The number of halogens is 1. The molecule has 0 saturated carbocycles. The summed E-state index contributed by atoms with van der Waals surface area (Å²) in [6.07, 6.45) is 0. The second-order valence-corrected chi connectivity index (χ2v) is 8.48. The maximum absolute atomic E-state index is 13.3. The molecule has 1 N–H and O–H groups in total. The molecule has 0 aliphatic carbocycles. The quantitative estimate of drug-likeness (QED) is 0.548. The Balaban J connectivity index is 1.81. The van der Waals surface area contributed by atoms with Crippen LogP contribution < -0.4 is 14.4 Å². The Morgan fingerprint density at radius 1 is 0.968 bits per heavy atom. The van der Waals surface area contributed by atoms with Crippen molar-refractivity contribution in [3.63, 3.8) is 0 Å². The van der Waals surface area contributed by atoms with Gasteiger partial charge in [0, 0.05) is 12.1 Å². The van der Waals surface area contributed by atoms with E-state index < -0.39 is 28.3 Å². The molecule has 3 aromatic rings. The standard InChI is InChI=1S/C23H23FN2O4S/c1-2-30-22-11-7-6-8-18(22)16-25-23(27)17-26(20-9-4-3-5-10-20)31(28,29)21-14-12-19(24)13-15-21/h3-15H,2,16-17H2,1H3,(H,25,27). The first-order valence-corrected chi connectivity index (χ1v) is 11.2. The van der Waals surface area contributed by atoms with E-state index in [1.807, 2.05) is 25.1 Å². The summed E-state index contributed by atoms with van der Waals surface area (Å²) < 4.78 is 46.2. The van der Waals surface area contributed by atoms with Crippen molar-refractivity contribution in [1.82, 2.24) is 5.32 Å². The summed E-state index contributed by atoms with van der Waals surface area (Å²) in [6, 6.07) is 20.1. The molecule has 0 heterocycles. The van der Waals surface area contributed by atoms with Crippen LogP contribution in [0.5, 0.6) is 5.75 Å². The lowest BCUT2D eigenvalue weighted by Crippen LogP contribution is -2.40. The Kier molecular flexibility index (Phi) is 7.25. The minimum Gasteiger partial charge on any atom is -0.494 e. The van der Waals surface area contributed by atoms with Crippen LogP contribution in [0.4, 0.5) is 10.1 Å². The summed E-state index contributed by atoms with van der Waals surface area (Å²) in [5.41, 5.74) is 1.11. The van der Waals surface area contributed by atoms with Gasteiger partial charge in [0.2, 0.25) is 5.91 Å². The summed E-state index contributed by atoms with van der Waals surface area (Å²) >= 11 is 0. The fourth-order valence-electron chi connectivity index (χ4n) is 2.97. The third-order valence-electron chi connectivity index (χ3n) is 4.48. The zero-order valence-corrected chi connectivity index (χ0v) is 17.8. The van der Waals surface area contributed by atoms with Crippen molar-refractivity contribution < 1.29 is 22.3 Å². The number of hydrogen-bond donors (Lipinski definition) is 1. The number of amides is 1. The van der Waals surface area contributed by atoms with Crippen LogP contribution in [0.2, 0.25) is 0 Å². The van der Waals surface area contributed by atoms with Crippen molar-refractivity contribution in [2.75, 3.05) is 17.5 Å². The van der Waals surface area contributed by atoms with E-state index in [0.717, 1.165) is 22.0 Å². The van der Waals surface area contributed by atoms with Gasteiger partial charge in [-0.05, 0) is 49.4 Å². The first-order chi connectivity index (χ1) is 14.9. The lowest BCUT2D eigenvalue weighted by Gasteiger charge is -2.24. The molecule has 3 rings (SSSR count). The predicted octanol–water partition coefficient (Wildman–Crippen LogP) is 3.74. The lowest BCUT2D eigenvalue weighted by molar-refractivity contribution is -0.119. The largest absolute Gasteiger partial charge is 0.494 e. The normalized spacial score (nSPS) is 11.0. The number of sulfonamides is 1. The Bertz CT molecular complexity index is 1120. The third kappa shape index (κ3) is 5.61. The topological polar surface area (TPSA) is 75.7 Å². The van der Waals surface area contributed by atoms with Crippen LogP contribution in [0.15, 0.2) is 83.8 Å². The molecule has 162 valence electrons. The maximum atomic E-state index is 13.3. The number of carbonyl (C=O) groups is 1. The monoisotopic (exact) mass is 442 g/mol. The zero-order chi connectivity index (χ0) is 22.3. The van der Waals surface area contributed by atoms with Gasteiger partial charge in [-0.15, -0.1) is 0 Å². The summed E-state index contributed by atoms with van der Waals surface area (Å²) in [4.78, 5) is 12.6. The van der Waals surface area contributed by atoms with E-state index in [-0.39, 0.29) is 11.4 Å². The fourth-order valence-corrected chi connectivity index (χ4v) is 4.39. The van der Waals surface area contributed by atoms with Gasteiger partial charge in [-0.2, -0.15) is 0 Å². The smallest absolute Gasteiger partial charge is 0.264 e. The zero-order valence-electron chi connectivity index (χ0n) is 17.0. The first-order valence-electron chi connectivity index (χ1n) is 9.72. The number of rotatable bonds is 9. The van der Waals surface area contributed by atoms with Gasteiger partial charge in [0.15, 0.2) is 0 Å². The van der Waals surface area contributed by atoms with Crippen molar-refractivity contribution in [2.24, 2.45) is 0 Å². The van der Waals surface area contributed by atoms with Gasteiger partial charge < -0.3 is 10.1 Å². The third-order valence-corrected chi connectivity index (χ3v) is 6.27. The van der Waals surface area contributed by atoms with E-state index in [1.54, 1.807) is 36.4 Å². The molecule has 0 fully saturated rings. The fraction of sp³-hybridized carbons (Fsp3) is 0.174. The van der Waals surface area contributed by atoms with Gasteiger partial charge in [-0.25, -0.2) is 12.8 Å². The number of benzene rings is 3. The molecule has 8 heteroatoms. The van der Waals surface area contributed by atoms with Gasteiger partial charge in [-0.3, -0.25) is 9.10 Å². The highest BCUT2D eigenvalue weighted by Crippen LogP contribution is 2.24. The summed E-state index contributed by atoms with van der Waals surface area (Å²) in [6.45, 7) is 2.12. The Hall–Kier alpha value is -3.39. The van der Waals surface area contributed by atoms with Crippen LogP contribution in [0.25, 0.3) is 0 Å². The summed E-state index contributed by atoms with van der Waals surface area (Å²) in [7, 11) is -4.08. The Labute approximate surface area is 181 Å². The van der Waals surface area contributed by atoms with Crippen molar-refractivity contribution in [2.45, 2.75) is 18.4 Å². The molecule has 0 aromatic heterocycles. The minimum absolute atomic E-state index is 0.104. The SMILES string of the molecule is CCOc1ccccc1CNC(=O)CN(c1ccccc1)S(=O)(=O)c1ccc(F)cc1. The van der Waals surface area contributed by atoms with Crippen molar-refractivity contribution in [1.29, 1.82) is 0 Å². The van der Waals surface area contributed by atoms with E-state index in [1.165, 1.54) is 12.1 Å². The number of anilines is 1. The van der Waals surface area contributed by atoms with Gasteiger partial charge in [-0.1, -0.05) is 36.4 Å². The highest BCUT2D eigenvalue weighted by molar-refractivity contribution is 7.92. The molecule has 1 amide bonds. The minimum atomic E-state index is -4.08. The van der Waals surface area contributed by atoms with E-state index in [2.05, 4.69) is 5.32 Å². The van der Waals surface area contributed by atoms with Crippen LogP contribution in [-0.4, -0.2) is 27.5 Å². The van der Waals surface area contributed by atoms with Crippen LogP contribution in [-0.2, 0) is 21.4 Å². The molecule has 0 aliphatic heterocycles. The Morgan fingerprint density at radius 2 is 1.61 bits per heavy atom. The van der Waals surface area contributed by atoms with E-state index in [9.17, 15) is 17.6 Å². The van der Waals surface area contributed by atoms with Crippen LogP contribution in [0, 0.1) is 5.82 Å². The molecule has 0 unspecified atom stereocenters. The van der Waals surface area contributed by atoms with Gasteiger partial charge in [0.1, 0.15) is 18.1 Å².